The highest BCUT2D eigenvalue weighted by Crippen LogP contribution is 2.34. The third kappa shape index (κ3) is 2.93. The number of halogens is 3. The zero-order chi connectivity index (χ0) is 16.6. The number of benzene rings is 1. The fourth-order valence-electron chi connectivity index (χ4n) is 2.07. The molecule has 0 saturated carbocycles. The molecular formula is C14H9F3N4O2. The minimum absolute atomic E-state index is 0.263. The fourth-order valence-corrected chi connectivity index (χ4v) is 2.07. The topological polar surface area (TPSA) is 79.5 Å². The van der Waals surface area contributed by atoms with E-state index in [1.165, 1.54) is 23.0 Å². The highest BCUT2D eigenvalue weighted by atomic mass is 19.4. The third-order valence-electron chi connectivity index (χ3n) is 3.10. The molecule has 3 rings (SSSR count). The molecule has 0 aliphatic heterocycles. The smallest absolute Gasteiger partial charge is 0.417 e. The van der Waals surface area contributed by atoms with Crippen LogP contribution in [0.25, 0.3) is 5.65 Å². The summed E-state index contributed by atoms with van der Waals surface area (Å²) in [7, 11) is 0. The number of pyridine rings is 1. The van der Waals surface area contributed by atoms with Crippen LogP contribution in [0.3, 0.4) is 0 Å². The Morgan fingerprint density at radius 3 is 2.74 bits per heavy atom. The Balaban J connectivity index is 1.95. The number of nitrogens with one attached hydrogen (secondary N) is 1. The number of carbonyl (C=O) groups is 1. The summed E-state index contributed by atoms with van der Waals surface area (Å²) in [5.74, 6) is -1.42. The van der Waals surface area contributed by atoms with E-state index in [0.717, 1.165) is 12.1 Å². The summed E-state index contributed by atoms with van der Waals surface area (Å²) in [6.07, 6.45) is -1.86. The lowest BCUT2D eigenvalue weighted by molar-refractivity contribution is -0.137. The second kappa shape index (κ2) is 5.27. The maximum atomic E-state index is 13.0. The standard InChI is InChI=1S/C14H9F3N4O2/c15-14(16,17)11-3-2-9(22)5-10(11)13(23)19-8-1-4-12-20-18-7-21(12)6-8/h1-7,22H,(H,19,23). The molecule has 0 atom stereocenters. The number of aromatic nitrogens is 3. The van der Waals surface area contributed by atoms with Crippen molar-refractivity contribution in [2.45, 2.75) is 6.18 Å². The summed E-state index contributed by atoms with van der Waals surface area (Å²) in [4.78, 5) is 12.1. The monoisotopic (exact) mass is 322 g/mol. The van der Waals surface area contributed by atoms with Crippen LogP contribution in [0.15, 0.2) is 42.9 Å². The van der Waals surface area contributed by atoms with E-state index in [1.54, 1.807) is 6.07 Å². The molecule has 9 heteroatoms. The van der Waals surface area contributed by atoms with Crippen LogP contribution in [0.1, 0.15) is 15.9 Å². The van der Waals surface area contributed by atoms with Gasteiger partial charge in [-0.3, -0.25) is 9.20 Å². The molecule has 0 radical (unpaired) electrons. The number of hydrogen-bond donors (Lipinski definition) is 2. The summed E-state index contributed by atoms with van der Waals surface area (Å²) < 4.78 is 40.4. The van der Waals surface area contributed by atoms with Gasteiger partial charge in [0.05, 0.1) is 16.8 Å². The molecule has 0 spiro atoms. The number of nitrogens with zero attached hydrogens (tertiary/aromatic N) is 3. The second-order valence-corrected chi connectivity index (χ2v) is 4.70. The van der Waals surface area contributed by atoms with Crippen molar-refractivity contribution in [2.24, 2.45) is 0 Å². The van der Waals surface area contributed by atoms with Crippen LogP contribution >= 0.6 is 0 Å². The van der Waals surface area contributed by atoms with Gasteiger partial charge in [-0.2, -0.15) is 13.2 Å². The zero-order valence-electron chi connectivity index (χ0n) is 11.4. The quantitative estimate of drug-likeness (QED) is 0.760. The first-order valence-corrected chi connectivity index (χ1v) is 6.35. The largest absolute Gasteiger partial charge is 0.508 e. The average molecular weight is 322 g/mol. The Morgan fingerprint density at radius 2 is 2.00 bits per heavy atom. The van der Waals surface area contributed by atoms with Crippen LogP contribution in [0, 0.1) is 0 Å². The SMILES string of the molecule is O=C(Nc1ccc2nncn2c1)c1cc(O)ccc1C(F)(F)F. The zero-order valence-corrected chi connectivity index (χ0v) is 11.4. The van der Waals surface area contributed by atoms with E-state index < -0.39 is 29.0 Å². The first-order chi connectivity index (χ1) is 10.8. The number of phenols is 1. The van der Waals surface area contributed by atoms with Gasteiger partial charge in [-0.05, 0) is 30.3 Å². The Hall–Kier alpha value is -3.10. The van der Waals surface area contributed by atoms with E-state index >= 15 is 0 Å². The summed E-state index contributed by atoms with van der Waals surface area (Å²) in [5.41, 5.74) is -1.00. The second-order valence-electron chi connectivity index (χ2n) is 4.70. The highest BCUT2D eigenvalue weighted by molar-refractivity contribution is 6.05. The predicted molar refractivity (Wildman–Crippen MR) is 74.0 cm³/mol. The highest BCUT2D eigenvalue weighted by Gasteiger charge is 2.35. The molecule has 0 aliphatic rings. The number of amides is 1. The molecule has 1 amide bonds. The van der Waals surface area contributed by atoms with Gasteiger partial charge in [0.1, 0.15) is 12.1 Å². The fraction of sp³-hybridized carbons (Fsp3) is 0.0714. The van der Waals surface area contributed by atoms with E-state index in [0.29, 0.717) is 11.7 Å². The number of rotatable bonds is 2. The van der Waals surface area contributed by atoms with Crippen molar-refractivity contribution in [1.82, 2.24) is 14.6 Å². The summed E-state index contributed by atoms with van der Waals surface area (Å²) in [6, 6.07) is 5.35. The van der Waals surface area contributed by atoms with Crippen molar-refractivity contribution >= 4 is 17.2 Å². The van der Waals surface area contributed by atoms with E-state index in [4.69, 9.17) is 0 Å². The molecule has 3 aromatic rings. The molecule has 0 fully saturated rings. The Morgan fingerprint density at radius 1 is 1.22 bits per heavy atom. The summed E-state index contributed by atoms with van der Waals surface area (Å²) in [6.45, 7) is 0. The minimum Gasteiger partial charge on any atom is -0.508 e. The number of phenolic OH excluding ortho intramolecular Hbond substituents is 1. The molecule has 1 aromatic carbocycles. The summed E-state index contributed by atoms with van der Waals surface area (Å²) in [5, 5.41) is 19.1. The number of alkyl halides is 3. The molecule has 0 unspecified atom stereocenters. The van der Waals surface area contributed by atoms with Gasteiger partial charge in [0.25, 0.3) is 5.91 Å². The van der Waals surface area contributed by atoms with E-state index in [9.17, 15) is 23.1 Å². The maximum Gasteiger partial charge on any atom is 0.417 e. The lowest BCUT2D eigenvalue weighted by Gasteiger charge is -2.13. The van der Waals surface area contributed by atoms with Crippen LogP contribution in [0.5, 0.6) is 5.75 Å². The van der Waals surface area contributed by atoms with Crippen molar-refractivity contribution in [1.29, 1.82) is 0 Å². The lowest BCUT2D eigenvalue weighted by atomic mass is 10.1. The van der Waals surface area contributed by atoms with Gasteiger partial charge in [0.2, 0.25) is 0 Å². The molecule has 23 heavy (non-hydrogen) atoms. The number of aromatic hydroxyl groups is 1. The van der Waals surface area contributed by atoms with Crippen molar-refractivity contribution in [2.75, 3.05) is 5.32 Å². The predicted octanol–water partition coefficient (Wildman–Crippen LogP) is 2.71. The van der Waals surface area contributed by atoms with Crippen molar-refractivity contribution < 1.29 is 23.1 Å². The Bertz CT molecular complexity index is 889. The van der Waals surface area contributed by atoms with Crippen LogP contribution in [-0.4, -0.2) is 25.6 Å². The lowest BCUT2D eigenvalue weighted by Crippen LogP contribution is -2.18. The number of fused-ring (bicyclic) bond motifs is 1. The Kier molecular flexibility index (Phi) is 3.40. The molecular weight excluding hydrogens is 313 g/mol. The molecule has 2 heterocycles. The first kappa shape index (κ1) is 14.8. The van der Waals surface area contributed by atoms with Crippen LogP contribution in [0.4, 0.5) is 18.9 Å². The van der Waals surface area contributed by atoms with Crippen LogP contribution < -0.4 is 5.32 Å². The van der Waals surface area contributed by atoms with E-state index in [2.05, 4.69) is 15.5 Å². The summed E-state index contributed by atoms with van der Waals surface area (Å²) >= 11 is 0. The van der Waals surface area contributed by atoms with Gasteiger partial charge in [-0.15, -0.1) is 10.2 Å². The van der Waals surface area contributed by atoms with Crippen molar-refractivity contribution in [3.63, 3.8) is 0 Å². The van der Waals surface area contributed by atoms with Gasteiger partial charge in [0.15, 0.2) is 5.65 Å². The Labute approximate surface area is 127 Å². The van der Waals surface area contributed by atoms with E-state index in [-0.39, 0.29) is 5.69 Å². The van der Waals surface area contributed by atoms with Gasteiger partial charge in [-0.25, -0.2) is 0 Å². The average Bonchev–Trinajstić information content (AvgIpc) is 2.93. The van der Waals surface area contributed by atoms with Gasteiger partial charge in [0, 0.05) is 6.20 Å². The third-order valence-corrected chi connectivity index (χ3v) is 3.10. The number of carbonyl (C=O) groups excluding carboxylic acids is 1. The molecule has 0 saturated heterocycles. The molecule has 2 N–H and O–H groups in total. The molecule has 6 nitrogen and oxygen atoms in total. The molecule has 2 aromatic heterocycles. The molecule has 0 aliphatic carbocycles. The maximum absolute atomic E-state index is 13.0. The molecule has 0 bridgehead atoms. The van der Waals surface area contributed by atoms with E-state index in [1.807, 2.05) is 0 Å². The first-order valence-electron chi connectivity index (χ1n) is 6.35. The van der Waals surface area contributed by atoms with Crippen LogP contribution in [-0.2, 0) is 6.18 Å². The van der Waals surface area contributed by atoms with Gasteiger partial charge < -0.3 is 10.4 Å². The normalized spacial score (nSPS) is 11.6. The van der Waals surface area contributed by atoms with Crippen molar-refractivity contribution in [3.8, 4) is 5.75 Å². The van der Waals surface area contributed by atoms with Gasteiger partial charge >= 0.3 is 6.18 Å². The van der Waals surface area contributed by atoms with Gasteiger partial charge in [-0.1, -0.05) is 0 Å². The van der Waals surface area contributed by atoms with Crippen LogP contribution in [0.2, 0.25) is 0 Å². The minimum atomic E-state index is -4.71. The number of anilines is 1. The number of hydrogen-bond acceptors (Lipinski definition) is 4. The van der Waals surface area contributed by atoms with Crippen molar-refractivity contribution in [3.05, 3.63) is 54.0 Å². The molecule has 118 valence electrons.